The first-order valence-corrected chi connectivity index (χ1v) is 5.92. The van der Waals surface area contributed by atoms with Crippen LogP contribution in [0.5, 0.6) is 0 Å². The third-order valence-corrected chi connectivity index (χ3v) is 2.56. The second-order valence-corrected chi connectivity index (χ2v) is 3.91. The fraction of sp³-hybridized carbons (Fsp3) is 0.364. The average Bonchev–Trinajstić information content (AvgIpc) is 2.18. The van der Waals surface area contributed by atoms with E-state index in [2.05, 4.69) is 5.32 Å². The largest absolute Gasteiger partial charge is 0.326 e. The summed E-state index contributed by atoms with van der Waals surface area (Å²) in [5.74, 6) is 0.0887. The van der Waals surface area contributed by atoms with E-state index in [1.165, 1.54) is 4.90 Å². The van der Waals surface area contributed by atoms with Crippen molar-refractivity contribution in [3.8, 4) is 0 Å². The number of thioether (sulfide) groups is 1. The van der Waals surface area contributed by atoms with Crippen LogP contribution < -0.4 is 5.32 Å². The molecular weight excluding hydrogens is 194 g/mol. The molecule has 0 bridgehead atoms. The van der Waals surface area contributed by atoms with Gasteiger partial charge in [-0.15, -0.1) is 11.8 Å². The van der Waals surface area contributed by atoms with Crippen LogP contribution in [0.1, 0.15) is 19.8 Å². The molecule has 3 heteroatoms. The number of anilines is 1. The molecule has 2 nitrogen and oxygen atoms in total. The summed E-state index contributed by atoms with van der Waals surface area (Å²) in [6.07, 6.45) is 3.49. The maximum atomic E-state index is 11.3. The first kappa shape index (κ1) is 11.1. The van der Waals surface area contributed by atoms with Crippen molar-refractivity contribution in [3.63, 3.8) is 0 Å². The number of nitrogens with one attached hydrogen (secondary N) is 1. The lowest BCUT2D eigenvalue weighted by Gasteiger charge is -2.05. The molecule has 0 unspecified atom stereocenters. The standard InChI is InChI=1S/C11H15NOS/c1-3-5-11(13)12-9-6-4-7-10(8-9)14-2/h4,6-8H,3,5H2,1-2H3,(H,12,13). The van der Waals surface area contributed by atoms with Crippen LogP contribution in [-0.4, -0.2) is 12.2 Å². The molecule has 0 heterocycles. The number of carbonyl (C=O) groups excluding carboxylic acids is 1. The summed E-state index contributed by atoms with van der Waals surface area (Å²) >= 11 is 1.67. The van der Waals surface area contributed by atoms with Crippen molar-refractivity contribution in [1.82, 2.24) is 0 Å². The van der Waals surface area contributed by atoms with Crippen LogP contribution in [0.4, 0.5) is 5.69 Å². The predicted molar refractivity (Wildman–Crippen MR) is 61.8 cm³/mol. The maximum Gasteiger partial charge on any atom is 0.224 e. The molecule has 1 aromatic rings. The summed E-state index contributed by atoms with van der Waals surface area (Å²) in [5, 5.41) is 2.87. The van der Waals surface area contributed by atoms with Crippen LogP contribution in [0.15, 0.2) is 29.2 Å². The second kappa shape index (κ2) is 5.70. The molecule has 1 aromatic carbocycles. The fourth-order valence-corrected chi connectivity index (χ4v) is 1.61. The highest BCUT2D eigenvalue weighted by molar-refractivity contribution is 7.98. The highest BCUT2D eigenvalue weighted by Crippen LogP contribution is 2.18. The van der Waals surface area contributed by atoms with Crippen molar-refractivity contribution >= 4 is 23.4 Å². The number of rotatable bonds is 4. The maximum absolute atomic E-state index is 11.3. The first-order chi connectivity index (χ1) is 6.76. The normalized spacial score (nSPS) is 9.86. The van der Waals surface area contributed by atoms with Crippen LogP contribution >= 0.6 is 11.8 Å². The van der Waals surface area contributed by atoms with Gasteiger partial charge in [0.15, 0.2) is 0 Å². The Kier molecular flexibility index (Phi) is 4.53. The zero-order chi connectivity index (χ0) is 10.4. The van der Waals surface area contributed by atoms with Gasteiger partial charge in [0.05, 0.1) is 0 Å². The minimum absolute atomic E-state index is 0.0887. The molecule has 0 saturated carbocycles. The van der Waals surface area contributed by atoms with Gasteiger partial charge in [-0.1, -0.05) is 13.0 Å². The zero-order valence-electron chi connectivity index (χ0n) is 8.54. The molecule has 0 aliphatic rings. The Morgan fingerprint density at radius 1 is 1.50 bits per heavy atom. The smallest absolute Gasteiger partial charge is 0.224 e. The zero-order valence-corrected chi connectivity index (χ0v) is 9.36. The van der Waals surface area contributed by atoms with Crippen molar-refractivity contribution in [2.45, 2.75) is 24.7 Å². The van der Waals surface area contributed by atoms with E-state index in [1.807, 2.05) is 37.4 Å². The van der Waals surface area contributed by atoms with Gasteiger partial charge in [-0.3, -0.25) is 4.79 Å². The molecule has 14 heavy (non-hydrogen) atoms. The molecule has 76 valence electrons. The number of carbonyl (C=O) groups is 1. The average molecular weight is 209 g/mol. The minimum Gasteiger partial charge on any atom is -0.326 e. The van der Waals surface area contributed by atoms with Crippen molar-refractivity contribution < 1.29 is 4.79 Å². The van der Waals surface area contributed by atoms with E-state index < -0.39 is 0 Å². The Labute approximate surface area is 89.1 Å². The van der Waals surface area contributed by atoms with Crippen molar-refractivity contribution in [2.75, 3.05) is 11.6 Å². The molecular formula is C11H15NOS. The van der Waals surface area contributed by atoms with Gasteiger partial charge < -0.3 is 5.32 Å². The summed E-state index contributed by atoms with van der Waals surface area (Å²) in [6.45, 7) is 2.00. The lowest BCUT2D eigenvalue weighted by Crippen LogP contribution is -2.10. The Morgan fingerprint density at radius 2 is 2.29 bits per heavy atom. The van der Waals surface area contributed by atoms with E-state index in [9.17, 15) is 4.79 Å². The molecule has 0 aliphatic carbocycles. The van der Waals surface area contributed by atoms with Gasteiger partial charge in [0.1, 0.15) is 0 Å². The number of hydrogen-bond acceptors (Lipinski definition) is 2. The van der Waals surface area contributed by atoms with Gasteiger partial charge in [-0.25, -0.2) is 0 Å². The number of hydrogen-bond donors (Lipinski definition) is 1. The van der Waals surface area contributed by atoms with Gasteiger partial charge in [0.25, 0.3) is 0 Å². The highest BCUT2D eigenvalue weighted by atomic mass is 32.2. The van der Waals surface area contributed by atoms with Crippen LogP contribution in [0.3, 0.4) is 0 Å². The van der Waals surface area contributed by atoms with E-state index in [0.29, 0.717) is 6.42 Å². The fourth-order valence-electron chi connectivity index (χ4n) is 1.15. The highest BCUT2D eigenvalue weighted by Gasteiger charge is 2.00. The molecule has 0 saturated heterocycles. The van der Waals surface area contributed by atoms with Crippen LogP contribution in [-0.2, 0) is 4.79 Å². The predicted octanol–water partition coefficient (Wildman–Crippen LogP) is 3.15. The lowest BCUT2D eigenvalue weighted by molar-refractivity contribution is -0.116. The van der Waals surface area contributed by atoms with Gasteiger partial charge >= 0.3 is 0 Å². The number of amides is 1. The summed E-state index contributed by atoms with van der Waals surface area (Å²) in [7, 11) is 0. The van der Waals surface area contributed by atoms with E-state index in [4.69, 9.17) is 0 Å². The molecule has 0 fully saturated rings. The van der Waals surface area contributed by atoms with E-state index >= 15 is 0 Å². The Morgan fingerprint density at radius 3 is 2.93 bits per heavy atom. The van der Waals surface area contributed by atoms with Gasteiger partial charge in [0, 0.05) is 17.0 Å². The Hall–Kier alpha value is -0.960. The summed E-state index contributed by atoms with van der Waals surface area (Å²) < 4.78 is 0. The molecule has 0 aromatic heterocycles. The topological polar surface area (TPSA) is 29.1 Å². The van der Waals surface area contributed by atoms with E-state index in [0.717, 1.165) is 12.1 Å². The summed E-state index contributed by atoms with van der Waals surface area (Å²) in [4.78, 5) is 12.5. The van der Waals surface area contributed by atoms with Crippen molar-refractivity contribution in [2.24, 2.45) is 0 Å². The van der Waals surface area contributed by atoms with Gasteiger partial charge in [-0.2, -0.15) is 0 Å². The minimum atomic E-state index is 0.0887. The molecule has 0 aliphatic heterocycles. The van der Waals surface area contributed by atoms with Gasteiger partial charge in [-0.05, 0) is 30.9 Å². The second-order valence-electron chi connectivity index (χ2n) is 3.03. The first-order valence-electron chi connectivity index (χ1n) is 4.70. The third kappa shape index (κ3) is 3.42. The Bertz CT molecular complexity index is 312. The van der Waals surface area contributed by atoms with Gasteiger partial charge in [0.2, 0.25) is 5.91 Å². The molecule has 0 atom stereocenters. The SMILES string of the molecule is CCCC(=O)Nc1cccc(SC)c1. The van der Waals surface area contributed by atoms with Crippen LogP contribution in [0, 0.1) is 0 Å². The van der Waals surface area contributed by atoms with Crippen LogP contribution in [0.25, 0.3) is 0 Å². The van der Waals surface area contributed by atoms with E-state index in [-0.39, 0.29) is 5.91 Å². The summed E-state index contributed by atoms with van der Waals surface area (Å²) in [5.41, 5.74) is 0.885. The van der Waals surface area contributed by atoms with E-state index in [1.54, 1.807) is 11.8 Å². The van der Waals surface area contributed by atoms with Crippen molar-refractivity contribution in [3.05, 3.63) is 24.3 Å². The monoisotopic (exact) mass is 209 g/mol. The molecule has 1 N–H and O–H groups in total. The van der Waals surface area contributed by atoms with Crippen molar-refractivity contribution in [1.29, 1.82) is 0 Å². The lowest BCUT2D eigenvalue weighted by atomic mass is 10.3. The molecule has 1 amide bonds. The third-order valence-electron chi connectivity index (χ3n) is 1.83. The molecule has 0 radical (unpaired) electrons. The van der Waals surface area contributed by atoms with Crippen LogP contribution in [0.2, 0.25) is 0 Å². The molecule has 1 rings (SSSR count). The molecule has 0 spiro atoms. The quantitative estimate of drug-likeness (QED) is 0.772. The summed E-state index contributed by atoms with van der Waals surface area (Å²) in [6, 6.07) is 7.87. The number of benzene rings is 1. The Balaban J connectivity index is 2.62.